The topological polar surface area (TPSA) is 59.3 Å². The Labute approximate surface area is 169 Å². The van der Waals surface area contributed by atoms with Crippen molar-refractivity contribution in [2.45, 2.75) is 31.2 Å². The van der Waals surface area contributed by atoms with Gasteiger partial charge in [0.1, 0.15) is 0 Å². The number of likely N-dealkylation sites (N-methyl/N-ethyl adjacent to an activating group) is 1. The number of aliphatic hydroxyl groups excluding tert-OH is 1. The molecule has 2 N–H and O–H groups in total. The Bertz CT molecular complexity index is 719. The highest BCUT2D eigenvalue weighted by Gasteiger charge is 2.16. The second-order valence-corrected chi connectivity index (χ2v) is 6.89. The number of rotatable bonds is 3. The number of hydrogen-bond acceptors (Lipinski definition) is 5. The molecule has 4 nitrogen and oxygen atoms in total. The summed E-state index contributed by atoms with van der Waals surface area (Å²) < 4.78 is 0. The van der Waals surface area contributed by atoms with E-state index in [9.17, 15) is 0 Å². The van der Waals surface area contributed by atoms with E-state index in [0.717, 1.165) is 34.7 Å². The first-order valence-corrected chi connectivity index (χ1v) is 9.65. The lowest BCUT2D eigenvalue weighted by Crippen LogP contribution is -2.32. The zero-order valence-corrected chi connectivity index (χ0v) is 17.6. The fourth-order valence-corrected chi connectivity index (χ4v) is 2.99. The number of hydrogen-bond donors (Lipinski definition) is 3. The summed E-state index contributed by atoms with van der Waals surface area (Å²) in [4.78, 5) is 3.40. The highest BCUT2D eigenvalue weighted by Crippen LogP contribution is 2.24. The number of thiol groups is 1. The zero-order chi connectivity index (χ0) is 20.2. The molecule has 1 heterocycles. The van der Waals surface area contributed by atoms with Crippen LogP contribution in [0.25, 0.3) is 11.1 Å². The van der Waals surface area contributed by atoms with Crippen LogP contribution in [0.1, 0.15) is 24.5 Å². The van der Waals surface area contributed by atoms with Gasteiger partial charge in [0, 0.05) is 24.6 Å². The molecular formula is C22H31N3OS. The predicted molar refractivity (Wildman–Crippen MR) is 116 cm³/mol. The van der Waals surface area contributed by atoms with Gasteiger partial charge in [0.25, 0.3) is 0 Å². The second-order valence-electron chi connectivity index (χ2n) is 6.41. The smallest absolute Gasteiger partial charge is 0.0991 e. The van der Waals surface area contributed by atoms with Gasteiger partial charge in [0.05, 0.1) is 11.6 Å². The van der Waals surface area contributed by atoms with E-state index in [0.29, 0.717) is 5.56 Å². The summed E-state index contributed by atoms with van der Waals surface area (Å²) in [5.74, 6) is 0. The second kappa shape index (κ2) is 12.5. The van der Waals surface area contributed by atoms with E-state index < -0.39 is 0 Å². The maximum Gasteiger partial charge on any atom is 0.0991 e. The highest BCUT2D eigenvalue weighted by atomic mass is 32.1. The third-order valence-electron chi connectivity index (χ3n) is 4.70. The molecule has 0 aromatic heterocycles. The van der Waals surface area contributed by atoms with Crippen LogP contribution in [0.4, 0.5) is 0 Å². The summed E-state index contributed by atoms with van der Waals surface area (Å²) in [7, 11) is 3.19. The largest absolute Gasteiger partial charge is 0.400 e. The minimum atomic E-state index is 0.686. The van der Waals surface area contributed by atoms with Crippen molar-refractivity contribution in [1.82, 2.24) is 10.2 Å². The van der Waals surface area contributed by atoms with Crippen molar-refractivity contribution in [1.29, 1.82) is 5.26 Å². The van der Waals surface area contributed by atoms with Gasteiger partial charge in [-0.25, -0.2) is 0 Å². The molecule has 27 heavy (non-hydrogen) atoms. The molecule has 1 fully saturated rings. The lowest BCUT2D eigenvalue weighted by molar-refractivity contribution is 0.270. The molecular weight excluding hydrogens is 354 g/mol. The SMILES string of the molecule is CCN(C)C1CCNC1.CO.Cc1cc(-c2ccc(C#N)cc2)ccc1S. The number of aryl methyl sites for hydroxylation is 1. The van der Waals surface area contributed by atoms with E-state index in [4.69, 9.17) is 10.4 Å². The van der Waals surface area contributed by atoms with E-state index >= 15 is 0 Å². The molecule has 146 valence electrons. The number of nitriles is 1. The Kier molecular flexibility index (Phi) is 10.8. The third-order valence-corrected chi connectivity index (χ3v) is 5.20. The molecule has 1 unspecified atom stereocenters. The number of benzene rings is 2. The van der Waals surface area contributed by atoms with Crippen LogP contribution in [0.15, 0.2) is 47.4 Å². The molecule has 0 spiro atoms. The zero-order valence-electron chi connectivity index (χ0n) is 16.7. The Morgan fingerprint density at radius 3 is 2.30 bits per heavy atom. The molecule has 0 bridgehead atoms. The van der Waals surface area contributed by atoms with Crippen LogP contribution in [-0.2, 0) is 0 Å². The van der Waals surface area contributed by atoms with Crippen molar-refractivity contribution < 1.29 is 5.11 Å². The number of nitrogens with zero attached hydrogens (tertiary/aromatic N) is 2. The van der Waals surface area contributed by atoms with Crippen LogP contribution in [0.3, 0.4) is 0 Å². The first kappa shape index (κ1) is 23.2. The molecule has 5 heteroatoms. The van der Waals surface area contributed by atoms with E-state index in [1.54, 1.807) is 0 Å². The quantitative estimate of drug-likeness (QED) is 0.705. The Balaban J connectivity index is 0.000000282. The molecule has 1 saturated heterocycles. The van der Waals surface area contributed by atoms with E-state index in [2.05, 4.69) is 49.0 Å². The maximum atomic E-state index is 8.72. The van der Waals surface area contributed by atoms with Gasteiger partial charge in [-0.1, -0.05) is 31.2 Å². The standard InChI is InChI=1S/C14H11NS.C7H16N2.CH4O/c1-10-8-13(6-7-14(10)16)12-4-2-11(9-15)3-5-12;1-3-9(2)7-4-5-8-6-7;1-2/h2-8,16H,1H3;7-8H,3-6H2,1-2H3;2H,1H3. The van der Waals surface area contributed by atoms with Crippen molar-refractivity contribution >= 4 is 12.6 Å². The molecule has 0 amide bonds. The monoisotopic (exact) mass is 385 g/mol. The Hall–Kier alpha value is -1.84. The summed E-state index contributed by atoms with van der Waals surface area (Å²) in [5.41, 5.74) is 4.12. The third kappa shape index (κ3) is 7.36. The van der Waals surface area contributed by atoms with Crippen LogP contribution in [0.2, 0.25) is 0 Å². The van der Waals surface area contributed by atoms with Crippen LogP contribution in [-0.4, -0.2) is 49.8 Å². The average molecular weight is 386 g/mol. The molecule has 0 aliphatic carbocycles. The number of aliphatic hydroxyl groups is 1. The van der Waals surface area contributed by atoms with Crippen LogP contribution >= 0.6 is 12.6 Å². The van der Waals surface area contributed by atoms with Crippen LogP contribution < -0.4 is 5.32 Å². The van der Waals surface area contributed by atoms with Crippen LogP contribution in [0.5, 0.6) is 0 Å². The van der Waals surface area contributed by atoms with Gasteiger partial charge < -0.3 is 15.3 Å². The van der Waals surface area contributed by atoms with E-state index in [1.165, 1.54) is 26.1 Å². The van der Waals surface area contributed by atoms with Gasteiger partial charge in [-0.3, -0.25) is 0 Å². The minimum absolute atomic E-state index is 0.686. The van der Waals surface area contributed by atoms with Gasteiger partial charge >= 0.3 is 0 Å². The van der Waals surface area contributed by atoms with Crippen molar-refractivity contribution in [3.05, 3.63) is 53.6 Å². The normalized spacial score (nSPS) is 15.3. The lowest BCUT2D eigenvalue weighted by atomic mass is 10.0. The molecule has 1 aliphatic rings. The van der Waals surface area contributed by atoms with Crippen LogP contribution in [0, 0.1) is 18.3 Å². The fourth-order valence-electron chi connectivity index (χ4n) is 2.85. The van der Waals surface area contributed by atoms with Gasteiger partial charge in [-0.05, 0) is 68.4 Å². The maximum absolute atomic E-state index is 8.72. The molecule has 1 atom stereocenters. The van der Waals surface area contributed by atoms with E-state index in [1.807, 2.05) is 43.3 Å². The molecule has 0 saturated carbocycles. The fraction of sp³-hybridized carbons (Fsp3) is 0.409. The predicted octanol–water partition coefficient (Wildman–Crippen LogP) is 3.73. The Morgan fingerprint density at radius 2 is 1.81 bits per heavy atom. The summed E-state index contributed by atoms with van der Waals surface area (Å²) in [5, 5.41) is 19.1. The highest BCUT2D eigenvalue weighted by molar-refractivity contribution is 7.80. The van der Waals surface area contributed by atoms with Crippen molar-refractivity contribution in [2.24, 2.45) is 0 Å². The summed E-state index contributed by atoms with van der Waals surface area (Å²) >= 11 is 4.35. The molecule has 0 radical (unpaired) electrons. The first-order valence-electron chi connectivity index (χ1n) is 9.21. The summed E-state index contributed by atoms with van der Waals surface area (Å²) in [6.45, 7) is 7.81. The van der Waals surface area contributed by atoms with E-state index in [-0.39, 0.29) is 0 Å². The number of nitrogens with one attached hydrogen (secondary N) is 1. The van der Waals surface area contributed by atoms with Crippen molar-refractivity contribution in [3.8, 4) is 17.2 Å². The summed E-state index contributed by atoms with van der Waals surface area (Å²) in [6.07, 6.45) is 1.32. The summed E-state index contributed by atoms with van der Waals surface area (Å²) in [6, 6.07) is 16.6. The minimum Gasteiger partial charge on any atom is -0.400 e. The van der Waals surface area contributed by atoms with Gasteiger partial charge in [0.2, 0.25) is 0 Å². The molecule has 2 aromatic rings. The average Bonchev–Trinajstić information content (AvgIpc) is 3.26. The Morgan fingerprint density at radius 1 is 1.19 bits per heavy atom. The molecule has 1 aliphatic heterocycles. The lowest BCUT2D eigenvalue weighted by Gasteiger charge is -2.20. The first-order chi connectivity index (χ1) is 13.0. The van der Waals surface area contributed by atoms with Crippen molar-refractivity contribution in [2.75, 3.05) is 33.8 Å². The van der Waals surface area contributed by atoms with Gasteiger partial charge in [-0.15, -0.1) is 12.6 Å². The van der Waals surface area contributed by atoms with Crippen molar-refractivity contribution in [3.63, 3.8) is 0 Å². The molecule has 3 rings (SSSR count). The molecule has 2 aromatic carbocycles. The van der Waals surface area contributed by atoms with Gasteiger partial charge in [-0.2, -0.15) is 5.26 Å². The van der Waals surface area contributed by atoms with Gasteiger partial charge in [0.15, 0.2) is 0 Å².